The maximum Gasteiger partial charge on any atom is 0.355 e. The SMILES string of the molecule is CCOC(=O)c1c(C)c(C(=O)CN(CCCOC)C(=O)c2ccc(Cl)cc2)c(C)n1CC. The Balaban J connectivity index is 2.37. The molecular weight excluding hydrogens is 432 g/mol. The van der Waals surface area contributed by atoms with E-state index in [0.717, 1.165) is 0 Å². The summed E-state index contributed by atoms with van der Waals surface area (Å²) in [6.45, 7) is 8.69. The number of benzene rings is 1. The molecule has 0 unspecified atom stereocenters. The van der Waals surface area contributed by atoms with Crippen LogP contribution in [0.2, 0.25) is 5.02 Å². The number of carbonyl (C=O) groups excluding carboxylic acids is 3. The summed E-state index contributed by atoms with van der Waals surface area (Å²) in [4.78, 5) is 40.5. The molecule has 32 heavy (non-hydrogen) atoms. The van der Waals surface area contributed by atoms with Gasteiger partial charge in [0.25, 0.3) is 5.91 Å². The lowest BCUT2D eigenvalue weighted by molar-refractivity contribution is 0.0512. The molecule has 7 nitrogen and oxygen atoms in total. The summed E-state index contributed by atoms with van der Waals surface area (Å²) in [5.41, 5.74) is 2.55. The predicted octanol–water partition coefficient (Wildman–Crippen LogP) is 4.32. The maximum atomic E-state index is 13.4. The van der Waals surface area contributed by atoms with Crippen molar-refractivity contribution in [2.24, 2.45) is 0 Å². The van der Waals surface area contributed by atoms with Gasteiger partial charge in [-0.25, -0.2) is 4.79 Å². The zero-order valence-electron chi connectivity index (χ0n) is 19.4. The van der Waals surface area contributed by atoms with Crippen molar-refractivity contribution in [1.29, 1.82) is 0 Å². The topological polar surface area (TPSA) is 77.8 Å². The Morgan fingerprint density at radius 3 is 2.31 bits per heavy atom. The number of esters is 1. The molecular formula is C24H31ClN2O5. The van der Waals surface area contributed by atoms with Crippen LogP contribution < -0.4 is 0 Å². The van der Waals surface area contributed by atoms with E-state index in [-0.39, 0.29) is 24.8 Å². The first kappa shape index (κ1) is 25.6. The van der Waals surface area contributed by atoms with Crippen molar-refractivity contribution in [3.8, 4) is 0 Å². The number of carbonyl (C=O) groups is 3. The second kappa shape index (κ2) is 11.8. The number of ketones is 1. The molecule has 0 bridgehead atoms. The molecule has 174 valence electrons. The van der Waals surface area contributed by atoms with Gasteiger partial charge in [-0.1, -0.05) is 11.6 Å². The van der Waals surface area contributed by atoms with Gasteiger partial charge in [0.1, 0.15) is 5.69 Å². The first-order valence-electron chi connectivity index (χ1n) is 10.7. The lowest BCUT2D eigenvalue weighted by Gasteiger charge is -2.22. The summed E-state index contributed by atoms with van der Waals surface area (Å²) in [6, 6.07) is 6.57. The lowest BCUT2D eigenvalue weighted by atomic mass is 10.0. The van der Waals surface area contributed by atoms with Crippen LogP contribution in [0.25, 0.3) is 0 Å². The summed E-state index contributed by atoms with van der Waals surface area (Å²) in [5.74, 6) is -0.942. The lowest BCUT2D eigenvalue weighted by Crippen LogP contribution is -2.37. The first-order chi connectivity index (χ1) is 15.3. The number of halogens is 1. The third-order valence-corrected chi connectivity index (χ3v) is 5.57. The predicted molar refractivity (Wildman–Crippen MR) is 124 cm³/mol. The van der Waals surface area contributed by atoms with Crippen LogP contribution in [0, 0.1) is 13.8 Å². The molecule has 8 heteroatoms. The Morgan fingerprint density at radius 1 is 1.09 bits per heavy atom. The number of ether oxygens (including phenoxy) is 2. The molecule has 2 aromatic rings. The van der Waals surface area contributed by atoms with E-state index in [4.69, 9.17) is 21.1 Å². The minimum Gasteiger partial charge on any atom is -0.461 e. The number of methoxy groups -OCH3 is 1. The molecule has 0 saturated heterocycles. The quantitative estimate of drug-likeness (QED) is 0.282. The van der Waals surface area contributed by atoms with Gasteiger partial charge in [-0.15, -0.1) is 0 Å². The van der Waals surface area contributed by atoms with Gasteiger partial charge in [0.2, 0.25) is 0 Å². The second-order valence-corrected chi connectivity index (χ2v) is 7.84. The van der Waals surface area contributed by atoms with Crippen molar-refractivity contribution in [3.63, 3.8) is 0 Å². The molecule has 0 fully saturated rings. The number of nitrogens with zero attached hydrogens (tertiary/aromatic N) is 2. The van der Waals surface area contributed by atoms with Crippen LogP contribution in [0.1, 0.15) is 62.7 Å². The molecule has 0 radical (unpaired) electrons. The highest BCUT2D eigenvalue weighted by molar-refractivity contribution is 6.30. The summed E-state index contributed by atoms with van der Waals surface area (Å²) in [6.07, 6.45) is 0.588. The van der Waals surface area contributed by atoms with E-state index >= 15 is 0 Å². The molecule has 0 atom stereocenters. The van der Waals surface area contributed by atoms with Crippen molar-refractivity contribution in [2.45, 2.75) is 40.7 Å². The zero-order valence-corrected chi connectivity index (χ0v) is 20.1. The summed E-state index contributed by atoms with van der Waals surface area (Å²) in [7, 11) is 1.59. The minimum atomic E-state index is -0.455. The van der Waals surface area contributed by atoms with Gasteiger partial charge in [0.05, 0.1) is 13.2 Å². The fourth-order valence-corrected chi connectivity index (χ4v) is 3.97. The van der Waals surface area contributed by atoms with E-state index in [9.17, 15) is 14.4 Å². The van der Waals surface area contributed by atoms with E-state index in [1.54, 1.807) is 49.8 Å². The average molecular weight is 463 g/mol. The van der Waals surface area contributed by atoms with Crippen molar-refractivity contribution >= 4 is 29.3 Å². The van der Waals surface area contributed by atoms with Gasteiger partial charge in [-0.05, 0) is 63.9 Å². The molecule has 0 aliphatic carbocycles. The largest absolute Gasteiger partial charge is 0.461 e. The monoisotopic (exact) mass is 462 g/mol. The fourth-order valence-electron chi connectivity index (χ4n) is 3.84. The fraction of sp³-hybridized carbons (Fsp3) is 0.458. The molecule has 0 saturated carbocycles. The van der Waals surface area contributed by atoms with E-state index < -0.39 is 5.97 Å². The van der Waals surface area contributed by atoms with Crippen molar-refractivity contribution in [3.05, 3.63) is 57.4 Å². The first-order valence-corrected chi connectivity index (χ1v) is 11.1. The van der Waals surface area contributed by atoms with Crippen LogP contribution in [0.5, 0.6) is 0 Å². The molecule has 1 heterocycles. The molecule has 0 N–H and O–H groups in total. The number of hydrogen-bond acceptors (Lipinski definition) is 5. The summed E-state index contributed by atoms with van der Waals surface area (Å²) < 4.78 is 12.1. The van der Waals surface area contributed by atoms with Gasteiger partial charge >= 0.3 is 5.97 Å². The van der Waals surface area contributed by atoms with Crippen LogP contribution in [0.3, 0.4) is 0 Å². The molecule has 0 aliphatic heterocycles. The van der Waals surface area contributed by atoms with Gasteiger partial charge in [-0.3, -0.25) is 9.59 Å². The number of amides is 1. The van der Waals surface area contributed by atoms with Crippen molar-refractivity contribution in [2.75, 3.05) is 33.4 Å². The summed E-state index contributed by atoms with van der Waals surface area (Å²) >= 11 is 5.94. The molecule has 2 rings (SSSR count). The van der Waals surface area contributed by atoms with Gasteiger partial charge in [0.15, 0.2) is 5.78 Å². The van der Waals surface area contributed by atoms with E-state index in [1.807, 2.05) is 13.8 Å². The third kappa shape index (κ3) is 5.78. The zero-order chi connectivity index (χ0) is 23.8. The number of aromatic nitrogens is 1. The normalized spacial score (nSPS) is 10.8. The van der Waals surface area contributed by atoms with E-state index in [0.29, 0.717) is 59.2 Å². The average Bonchev–Trinajstić information content (AvgIpc) is 3.02. The number of hydrogen-bond donors (Lipinski definition) is 0. The number of Topliss-reactive ketones (excluding diaryl/α,β-unsaturated/α-hetero) is 1. The molecule has 0 spiro atoms. The molecule has 1 aromatic carbocycles. The van der Waals surface area contributed by atoms with Gasteiger partial charge in [-0.2, -0.15) is 0 Å². The molecule has 1 aromatic heterocycles. The van der Waals surface area contributed by atoms with Crippen LogP contribution in [0.15, 0.2) is 24.3 Å². The van der Waals surface area contributed by atoms with E-state index in [1.165, 1.54) is 4.90 Å². The summed E-state index contributed by atoms with van der Waals surface area (Å²) in [5, 5.41) is 0.530. The minimum absolute atomic E-state index is 0.108. The maximum absolute atomic E-state index is 13.4. The Morgan fingerprint density at radius 2 is 1.75 bits per heavy atom. The van der Waals surface area contributed by atoms with Crippen molar-refractivity contribution < 1.29 is 23.9 Å². The van der Waals surface area contributed by atoms with Crippen LogP contribution >= 0.6 is 11.6 Å². The molecule has 0 aliphatic rings. The highest BCUT2D eigenvalue weighted by Gasteiger charge is 2.28. The highest BCUT2D eigenvalue weighted by Crippen LogP contribution is 2.24. The van der Waals surface area contributed by atoms with Crippen molar-refractivity contribution in [1.82, 2.24) is 9.47 Å². The Bertz CT molecular complexity index is 966. The standard InChI is InChI=1S/C24H31ClN2O5/c1-6-27-17(4)21(16(3)22(27)24(30)32-7-2)20(28)15-26(13-8-14-31-5)23(29)18-9-11-19(25)12-10-18/h9-12H,6-8,13-15H2,1-5H3. The van der Waals surface area contributed by atoms with Crippen LogP contribution in [-0.2, 0) is 16.0 Å². The number of rotatable bonds is 11. The van der Waals surface area contributed by atoms with Gasteiger partial charge in [0, 0.05) is 48.6 Å². The Kier molecular flexibility index (Phi) is 9.47. The third-order valence-electron chi connectivity index (χ3n) is 5.32. The highest BCUT2D eigenvalue weighted by atomic mass is 35.5. The smallest absolute Gasteiger partial charge is 0.355 e. The van der Waals surface area contributed by atoms with Gasteiger partial charge < -0.3 is 18.9 Å². The Hall–Kier alpha value is -2.64. The van der Waals surface area contributed by atoms with Crippen LogP contribution in [0.4, 0.5) is 0 Å². The molecule has 1 amide bonds. The Labute approximate surface area is 194 Å². The van der Waals surface area contributed by atoms with Crippen LogP contribution in [-0.4, -0.2) is 60.5 Å². The second-order valence-electron chi connectivity index (χ2n) is 7.40. The van der Waals surface area contributed by atoms with E-state index in [2.05, 4.69) is 0 Å².